The molecule has 0 radical (unpaired) electrons. The molecule has 2 atom stereocenters. The van der Waals surface area contributed by atoms with E-state index in [4.69, 9.17) is 0 Å². The second-order valence-electron chi connectivity index (χ2n) is 5.64. The third-order valence-electron chi connectivity index (χ3n) is 3.87. The highest BCUT2D eigenvalue weighted by Gasteiger charge is 2.23. The summed E-state index contributed by atoms with van der Waals surface area (Å²) in [4.78, 5) is 11.0. The van der Waals surface area contributed by atoms with Gasteiger partial charge in [-0.1, -0.05) is 19.8 Å². The van der Waals surface area contributed by atoms with Crippen LogP contribution in [0.3, 0.4) is 0 Å². The molecule has 0 aromatic heterocycles. The van der Waals surface area contributed by atoms with Crippen molar-refractivity contribution in [3.63, 3.8) is 0 Å². The third-order valence-corrected chi connectivity index (χ3v) is 5.40. The number of methoxy groups -OCH3 is 1. The molecule has 2 unspecified atom stereocenters. The molecule has 1 saturated carbocycles. The predicted octanol–water partition coefficient (Wildman–Crippen LogP) is 1.14. The molecule has 0 amide bonds. The number of hydrogen-bond donors (Lipinski definition) is 1. The molecule has 1 aliphatic carbocycles. The van der Waals surface area contributed by atoms with Gasteiger partial charge in [0.1, 0.15) is 0 Å². The first-order valence-corrected chi connectivity index (χ1v) is 8.57. The van der Waals surface area contributed by atoms with Crippen LogP contribution in [-0.2, 0) is 19.7 Å². The lowest BCUT2D eigenvalue weighted by Crippen LogP contribution is -2.41. The lowest BCUT2D eigenvalue weighted by molar-refractivity contribution is -0.140. The van der Waals surface area contributed by atoms with Crippen LogP contribution in [0.5, 0.6) is 0 Å². The third kappa shape index (κ3) is 5.76. The van der Waals surface area contributed by atoms with Crippen molar-refractivity contribution in [2.24, 2.45) is 11.8 Å². The minimum Gasteiger partial charge on any atom is -0.469 e. The standard InChI is InChI=1S/C13H26N2O4S/c1-11-5-4-6-12(9-11)10-14-20(17,18)15(2)8-7-13(16)19-3/h11-12,14H,4-10H2,1-3H3. The molecule has 0 saturated heterocycles. The number of rotatable bonds is 7. The largest absolute Gasteiger partial charge is 0.469 e. The van der Waals surface area contributed by atoms with Crippen molar-refractivity contribution < 1.29 is 17.9 Å². The molecule has 1 aliphatic rings. The van der Waals surface area contributed by atoms with E-state index in [1.807, 2.05) is 0 Å². The van der Waals surface area contributed by atoms with Crippen LogP contribution in [0.1, 0.15) is 39.0 Å². The maximum atomic E-state index is 12.0. The molecule has 1 N–H and O–H groups in total. The van der Waals surface area contributed by atoms with Gasteiger partial charge in [0, 0.05) is 20.1 Å². The lowest BCUT2D eigenvalue weighted by Gasteiger charge is -2.27. The Hall–Kier alpha value is -0.660. The van der Waals surface area contributed by atoms with Gasteiger partial charge in [-0.25, -0.2) is 4.72 Å². The van der Waals surface area contributed by atoms with E-state index < -0.39 is 16.2 Å². The van der Waals surface area contributed by atoms with Crippen LogP contribution in [0.15, 0.2) is 0 Å². The Morgan fingerprint density at radius 3 is 2.70 bits per heavy atom. The molecule has 0 aromatic rings. The van der Waals surface area contributed by atoms with Crippen LogP contribution in [0, 0.1) is 11.8 Å². The summed E-state index contributed by atoms with van der Waals surface area (Å²) in [5.41, 5.74) is 0. The minimum absolute atomic E-state index is 0.0639. The number of esters is 1. The van der Waals surface area contributed by atoms with Crippen LogP contribution >= 0.6 is 0 Å². The zero-order valence-corrected chi connectivity index (χ0v) is 13.4. The summed E-state index contributed by atoms with van der Waals surface area (Å²) in [7, 11) is -0.747. The number of nitrogens with zero attached hydrogens (tertiary/aromatic N) is 1. The maximum absolute atomic E-state index is 12.0. The molecular formula is C13H26N2O4S. The molecule has 0 bridgehead atoms. The molecule has 6 nitrogen and oxygen atoms in total. The first-order valence-electron chi connectivity index (χ1n) is 7.13. The summed E-state index contributed by atoms with van der Waals surface area (Å²) < 4.78 is 32.3. The van der Waals surface area contributed by atoms with Crippen LogP contribution < -0.4 is 4.72 Å². The van der Waals surface area contributed by atoms with Gasteiger partial charge < -0.3 is 4.74 Å². The minimum atomic E-state index is -3.51. The molecule has 20 heavy (non-hydrogen) atoms. The zero-order valence-electron chi connectivity index (χ0n) is 12.6. The van der Waals surface area contributed by atoms with Gasteiger partial charge in [-0.2, -0.15) is 12.7 Å². The Balaban J connectivity index is 2.38. The van der Waals surface area contributed by atoms with Gasteiger partial charge in [-0.05, 0) is 24.7 Å². The normalized spacial score (nSPS) is 23.8. The number of carbonyl (C=O) groups excluding carboxylic acids is 1. The monoisotopic (exact) mass is 306 g/mol. The first-order chi connectivity index (χ1) is 9.35. The van der Waals surface area contributed by atoms with Gasteiger partial charge in [-0.15, -0.1) is 0 Å². The summed E-state index contributed by atoms with van der Waals surface area (Å²) in [6, 6.07) is 0. The summed E-state index contributed by atoms with van der Waals surface area (Å²) in [6.45, 7) is 2.82. The number of carbonyl (C=O) groups is 1. The fourth-order valence-electron chi connectivity index (χ4n) is 2.55. The quantitative estimate of drug-likeness (QED) is 0.716. The fraction of sp³-hybridized carbons (Fsp3) is 0.923. The van der Waals surface area contributed by atoms with Crippen molar-refractivity contribution in [2.45, 2.75) is 39.0 Å². The van der Waals surface area contributed by atoms with Crippen molar-refractivity contribution in [2.75, 3.05) is 27.2 Å². The molecule has 7 heteroatoms. The second kappa shape index (κ2) is 7.95. The Labute approximate surface area is 122 Å². The zero-order chi connectivity index (χ0) is 15.2. The van der Waals surface area contributed by atoms with Gasteiger partial charge in [0.25, 0.3) is 10.2 Å². The van der Waals surface area contributed by atoms with Crippen molar-refractivity contribution in [3.8, 4) is 0 Å². The second-order valence-corrected chi connectivity index (χ2v) is 7.50. The molecule has 1 fully saturated rings. The first kappa shape index (κ1) is 17.4. The van der Waals surface area contributed by atoms with E-state index >= 15 is 0 Å². The molecule has 118 valence electrons. The Kier molecular flexibility index (Phi) is 6.91. The Bertz CT molecular complexity index is 411. The van der Waals surface area contributed by atoms with E-state index in [0.29, 0.717) is 18.4 Å². The van der Waals surface area contributed by atoms with E-state index in [1.54, 1.807) is 0 Å². The van der Waals surface area contributed by atoms with E-state index in [1.165, 1.54) is 27.0 Å². The van der Waals surface area contributed by atoms with E-state index in [-0.39, 0.29) is 13.0 Å². The summed E-state index contributed by atoms with van der Waals surface area (Å²) in [5.74, 6) is 0.686. The van der Waals surface area contributed by atoms with Gasteiger partial charge in [0.05, 0.1) is 13.5 Å². The molecular weight excluding hydrogens is 280 g/mol. The summed E-state index contributed by atoms with van der Waals surface area (Å²) in [6.07, 6.45) is 4.63. The smallest absolute Gasteiger partial charge is 0.306 e. The van der Waals surface area contributed by atoms with Crippen molar-refractivity contribution in [1.29, 1.82) is 0 Å². The topological polar surface area (TPSA) is 75.7 Å². The molecule has 0 aromatic carbocycles. The maximum Gasteiger partial charge on any atom is 0.306 e. The van der Waals surface area contributed by atoms with Crippen LogP contribution in [0.2, 0.25) is 0 Å². The van der Waals surface area contributed by atoms with Gasteiger partial charge in [0.2, 0.25) is 0 Å². The molecule has 0 aliphatic heterocycles. The average molecular weight is 306 g/mol. The number of nitrogens with one attached hydrogen (secondary N) is 1. The van der Waals surface area contributed by atoms with Crippen LogP contribution in [0.25, 0.3) is 0 Å². The predicted molar refractivity (Wildman–Crippen MR) is 77.3 cm³/mol. The highest BCUT2D eigenvalue weighted by atomic mass is 32.2. The highest BCUT2D eigenvalue weighted by molar-refractivity contribution is 7.87. The summed E-state index contributed by atoms with van der Waals surface area (Å²) >= 11 is 0. The van der Waals surface area contributed by atoms with Crippen molar-refractivity contribution >= 4 is 16.2 Å². The number of ether oxygens (including phenoxy) is 1. The van der Waals surface area contributed by atoms with E-state index in [9.17, 15) is 13.2 Å². The SMILES string of the molecule is COC(=O)CCN(C)S(=O)(=O)NCC1CCCC(C)C1. The average Bonchev–Trinajstić information content (AvgIpc) is 2.42. The van der Waals surface area contributed by atoms with Gasteiger partial charge >= 0.3 is 5.97 Å². The van der Waals surface area contributed by atoms with Crippen LogP contribution in [-0.4, -0.2) is 45.9 Å². The summed E-state index contributed by atoms with van der Waals surface area (Å²) in [5, 5.41) is 0. The molecule has 0 spiro atoms. The Morgan fingerprint density at radius 1 is 1.40 bits per heavy atom. The van der Waals surface area contributed by atoms with E-state index in [0.717, 1.165) is 17.1 Å². The molecule has 1 rings (SSSR count). The number of hydrogen-bond acceptors (Lipinski definition) is 4. The lowest BCUT2D eigenvalue weighted by atomic mass is 9.83. The molecule has 0 heterocycles. The van der Waals surface area contributed by atoms with Gasteiger partial charge in [0.15, 0.2) is 0 Å². The Morgan fingerprint density at radius 2 is 2.10 bits per heavy atom. The van der Waals surface area contributed by atoms with E-state index in [2.05, 4.69) is 16.4 Å². The fourth-order valence-corrected chi connectivity index (χ4v) is 3.55. The highest BCUT2D eigenvalue weighted by Crippen LogP contribution is 2.28. The van der Waals surface area contributed by atoms with Crippen molar-refractivity contribution in [3.05, 3.63) is 0 Å². The van der Waals surface area contributed by atoms with Crippen LogP contribution in [0.4, 0.5) is 0 Å². The van der Waals surface area contributed by atoms with Gasteiger partial charge in [-0.3, -0.25) is 4.79 Å². The van der Waals surface area contributed by atoms with Crippen molar-refractivity contribution in [1.82, 2.24) is 9.03 Å².